The third kappa shape index (κ3) is 1.46. The summed E-state index contributed by atoms with van der Waals surface area (Å²) in [7, 11) is 0. The molecular weight excluding hydrogens is 188 g/mol. The minimum Gasteiger partial charge on any atom is -0.366 e. The molecule has 0 aromatic carbocycles. The van der Waals surface area contributed by atoms with Crippen LogP contribution in [0, 0.1) is 0 Å². The van der Waals surface area contributed by atoms with E-state index in [1.54, 1.807) is 13.8 Å². The van der Waals surface area contributed by atoms with Crippen LogP contribution in [0.1, 0.15) is 13.8 Å². The van der Waals surface area contributed by atoms with Crippen LogP contribution in [0.5, 0.6) is 0 Å². The first-order chi connectivity index (χ1) is 6.54. The minimum absolute atomic E-state index is 0.247. The van der Waals surface area contributed by atoms with Gasteiger partial charge in [0.15, 0.2) is 12.3 Å². The fourth-order valence-corrected chi connectivity index (χ4v) is 1.57. The number of urea groups is 1. The number of likely N-dealkylation sites (N-methyl/N-ethyl adjacent to an activating group) is 2. The Hall–Kier alpha value is -1.14. The van der Waals surface area contributed by atoms with Gasteiger partial charge in [-0.05, 0) is 13.8 Å². The Morgan fingerprint density at radius 1 is 1.29 bits per heavy atom. The molecule has 80 valence electrons. The van der Waals surface area contributed by atoms with Crippen LogP contribution in [0.3, 0.4) is 0 Å². The summed E-state index contributed by atoms with van der Waals surface area (Å²) in [6.07, 6.45) is -1.82. The van der Waals surface area contributed by atoms with E-state index < -0.39 is 24.3 Å². The standard InChI is InChI=1S/C8H14N2O4/c1-3-9-5(7(12)13)6(11)10(4-2)8(9)14/h5,7,12-13H,3-4H2,1-2H3. The Morgan fingerprint density at radius 3 is 2.14 bits per heavy atom. The fourth-order valence-electron chi connectivity index (χ4n) is 1.57. The average molecular weight is 202 g/mol. The number of carbonyl (C=O) groups excluding carboxylic acids is 2. The van der Waals surface area contributed by atoms with Crippen LogP contribution in [0.15, 0.2) is 0 Å². The molecule has 1 unspecified atom stereocenters. The predicted molar refractivity (Wildman–Crippen MR) is 47.2 cm³/mol. The Labute approximate surface area is 81.7 Å². The molecule has 0 aliphatic carbocycles. The smallest absolute Gasteiger partial charge is 0.327 e. The second kappa shape index (κ2) is 3.93. The average Bonchev–Trinajstić information content (AvgIpc) is 2.37. The van der Waals surface area contributed by atoms with Crippen molar-refractivity contribution in [2.24, 2.45) is 0 Å². The zero-order valence-electron chi connectivity index (χ0n) is 8.17. The quantitative estimate of drug-likeness (QED) is 0.453. The molecule has 14 heavy (non-hydrogen) atoms. The normalized spacial score (nSPS) is 22.8. The second-order valence-corrected chi connectivity index (χ2v) is 3.01. The van der Waals surface area contributed by atoms with E-state index in [2.05, 4.69) is 0 Å². The molecule has 0 spiro atoms. The van der Waals surface area contributed by atoms with Gasteiger partial charge in [-0.3, -0.25) is 9.69 Å². The molecule has 3 amide bonds. The molecule has 1 atom stereocenters. The number of carbonyl (C=O) groups is 2. The molecule has 1 aliphatic rings. The van der Waals surface area contributed by atoms with E-state index in [0.29, 0.717) is 0 Å². The van der Waals surface area contributed by atoms with E-state index in [1.807, 2.05) is 0 Å². The summed E-state index contributed by atoms with van der Waals surface area (Å²) in [4.78, 5) is 25.2. The Bertz CT molecular complexity index is 254. The van der Waals surface area contributed by atoms with Crippen molar-refractivity contribution in [3.63, 3.8) is 0 Å². The zero-order chi connectivity index (χ0) is 10.9. The molecule has 1 saturated heterocycles. The van der Waals surface area contributed by atoms with Gasteiger partial charge >= 0.3 is 6.03 Å². The summed E-state index contributed by atoms with van der Waals surface area (Å²) in [5, 5.41) is 17.9. The lowest BCUT2D eigenvalue weighted by atomic mass is 10.2. The lowest BCUT2D eigenvalue weighted by molar-refractivity contribution is -0.141. The van der Waals surface area contributed by atoms with Crippen LogP contribution in [-0.2, 0) is 4.79 Å². The van der Waals surface area contributed by atoms with E-state index in [9.17, 15) is 9.59 Å². The SMILES string of the molecule is CCN1C(=O)C(C(O)O)N(CC)C1=O. The summed E-state index contributed by atoms with van der Waals surface area (Å²) in [6.45, 7) is 3.87. The van der Waals surface area contributed by atoms with Gasteiger partial charge in [0, 0.05) is 13.1 Å². The van der Waals surface area contributed by atoms with Crippen molar-refractivity contribution in [3.8, 4) is 0 Å². The van der Waals surface area contributed by atoms with E-state index >= 15 is 0 Å². The molecule has 6 nitrogen and oxygen atoms in total. The van der Waals surface area contributed by atoms with Crippen LogP contribution in [0.25, 0.3) is 0 Å². The van der Waals surface area contributed by atoms with Gasteiger partial charge in [-0.15, -0.1) is 0 Å². The maximum absolute atomic E-state index is 11.5. The van der Waals surface area contributed by atoms with Gasteiger partial charge in [-0.1, -0.05) is 0 Å². The van der Waals surface area contributed by atoms with E-state index in [0.717, 1.165) is 9.80 Å². The summed E-state index contributed by atoms with van der Waals surface area (Å²) >= 11 is 0. The first-order valence-electron chi connectivity index (χ1n) is 4.52. The number of nitrogens with zero attached hydrogens (tertiary/aromatic N) is 2. The molecule has 1 fully saturated rings. The van der Waals surface area contributed by atoms with Gasteiger partial charge in [0.25, 0.3) is 5.91 Å². The molecule has 1 rings (SSSR count). The summed E-state index contributed by atoms with van der Waals surface area (Å²) in [5.41, 5.74) is 0. The summed E-state index contributed by atoms with van der Waals surface area (Å²) < 4.78 is 0. The first-order valence-corrected chi connectivity index (χ1v) is 4.52. The van der Waals surface area contributed by atoms with Crippen LogP contribution in [0.4, 0.5) is 4.79 Å². The van der Waals surface area contributed by atoms with Crippen LogP contribution in [-0.4, -0.2) is 57.4 Å². The third-order valence-corrected chi connectivity index (χ3v) is 2.27. The monoisotopic (exact) mass is 202 g/mol. The predicted octanol–water partition coefficient (Wildman–Crippen LogP) is -1.03. The Balaban J connectivity index is 2.95. The summed E-state index contributed by atoms with van der Waals surface area (Å²) in [6, 6.07) is -1.61. The highest BCUT2D eigenvalue weighted by Crippen LogP contribution is 2.18. The minimum atomic E-state index is -1.82. The Morgan fingerprint density at radius 2 is 1.86 bits per heavy atom. The van der Waals surface area contributed by atoms with Crippen molar-refractivity contribution in [2.45, 2.75) is 26.2 Å². The highest BCUT2D eigenvalue weighted by Gasteiger charge is 2.46. The fraction of sp³-hybridized carbons (Fsp3) is 0.750. The van der Waals surface area contributed by atoms with Gasteiger partial charge in [-0.25, -0.2) is 4.79 Å². The van der Waals surface area contributed by atoms with Crippen molar-refractivity contribution in [1.29, 1.82) is 0 Å². The molecule has 0 aromatic rings. The lowest BCUT2D eigenvalue weighted by Crippen LogP contribution is -2.43. The zero-order valence-corrected chi connectivity index (χ0v) is 8.17. The van der Waals surface area contributed by atoms with Crippen molar-refractivity contribution in [2.75, 3.05) is 13.1 Å². The van der Waals surface area contributed by atoms with Crippen molar-refractivity contribution in [1.82, 2.24) is 9.80 Å². The van der Waals surface area contributed by atoms with Gasteiger partial charge in [0.2, 0.25) is 0 Å². The van der Waals surface area contributed by atoms with E-state index in [4.69, 9.17) is 10.2 Å². The topological polar surface area (TPSA) is 81.1 Å². The molecule has 2 N–H and O–H groups in total. The molecule has 1 aliphatic heterocycles. The third-order valence-electron chi connectivity index (χ3n) is 2.27. The second-order valence-electron chi connectivity index (χ2n) is 3.01. The van der Waals surface area contributed by atoms with Gasteiger partial charge in [-0.2, -0.15) is 0 Å². The summed E-state index contributed by atoms with van der Waals surface area (Å²) in [5.74, 6) is -0.547. The maximum Gasteiger partial charge on any atom is 0.327 e. The van der Waals surface area contributed by atoms with Gasteiger partial charge < -0.3 is 15.1 Å². The first kappa shape index (κ1) is 10.9. The molecule has 6 heteroatoms. The van der Waals surface area contributed by atoms with Crippen LogP contribution < -0.4 is 0 Å². The van der Waals surface area contributed by atoms with E-state index in [-0.39, 0.29) is 13.1 Å². The molecule has 0 bridgehead atoms. The molecule has 1 heterocycles. The number of aliphatic hydroxyl groups is 2. The molecule has 0 radical (unpaired) electrons. The Kier molecular flexibility index (Phi) is 3.07. The number of imide groups is 1. The molecular formula is C8H14N2O4. The van der Waals surface area contributed by atoms with Crippen LogP contribution in [0.2, 0.25) is 0 Å². The highest BCUT2D eigenvalue weighted by molar-refractivity contribution is 6.04. The maximum atomic E-state index is 11.5. The van der Waals surface area contributed by atoms with Crippen LogP contribution >= 0.6 is 0 Å². The van der Waals surface area contributed by atoms with Crippen molar-refractivity contribution < 1.29 is 19.8 Å². The number of hydrogen-bond acceptors (Lipinski definition) is 4. The van der Waals surface area contributed by atoms with Crippen molar-refractivity contribution in [3.05, 3.63) is 0 Å². The number of aliphatic hydroxyl groups excluding tert-OH is 1. The van der Waals surface area contributed by atoms with Crippen molar-refractivity contribution >= 4 is 11.9 Å². The van der Waals surface area contributed by atoms with E-state index in [1.165, 1.54) is 0 Å². The molecule has 0 saturated carbocycles. The lowest BCUT2D eigenvalue weighted by Gasteiger charge is -2.20. The number of rotatable bonds is 3. The number of hydrogen-bond donors (Lipinski definition) is 2. The largest absolute Gasteiger partial charge is 0.366 e. The van der Waals surface area contributed by atoms with Gasteiger partial charge in [0.05, 0.1) is 0 Å². The number of amides is 3. The van der Waals surface area contributed by atoms with Gasteiger partial charge in [0.1, 0.15) is 0 Å². The highest BCUT2D eigenvalue weighted by atomic mass is 16.5. The molecule has 0 aromatic heterocycles.